The summed E-state index contributed by atoms with van der Waals surface area (Å²) in [6.45, 7) is 4.90. The fourth-order valence-electron chi connectivity index (χ4n) is 2.12. The summed E-state index contributed by atoms with van der Waals surface area (Å²) in [6.07, 6.45) is 0.473. The average Bonchev–Trinajstić information content (AvgIpc) is 2.40. The molecule has 104 valence electrons. The summed E-state index contributed by atoms with van der Waals surface area (Å²) < 4.78 is 5.24. The smallest absolute Gasteiger partial charge is 0.234 e. The van der Waals surface area contributed by atoms with Crippen LogP contribution in [0.2, 0.25) is 0 Å². The summed E-state index contributed by atoms with van der Waals surface area (Å²) in [5.41, 5.74) is 10.4. The third kappa shape index (κ3) is 4.22. The highest BCUT2D eigenvalue weighted by Gasteiger charge is 2.15. The number of hydrogen-bond acceptors (Lipinski definition) is 4. The first-order valence-corrected chi connectivity index (χ1v) is 6.63. The molecule has 1 saturated heterocycles. The first-order chi connectivity index (χ1) is 9.15. The Hall–Kier alpha value is -1.59. The zero-order valence-corrected chi connectivity index (χ0v) is 11.3. The number of nitrogen functional groups attached to an aromatic ring is 1. The van der Waals surface area contributed by atoms with Gasteiger partial charge in [0.25, 0.3) is 0 Å². The first-order valence-electron chi connectivity index (χ1n) is 6.63. The fraction of sp³-hybridized carbons (Fsp3) is 0.500. The van der Waals surface area contributed by atoms with E-state index < -0.39 is 0 Å². The lowest BCUT2D eigenvalue weighted by Crippen LogP contribution is -2.48. The number of rotatable bonds is 4. The predicted octanol–water partition coefficient (Wildman–Crippen LogP) is 1.13. The van der Waals surface area contributed by atoms with E-state index in [1.165, 1.54) is 0 Å². The molecule has 19 heavy (non-hydrogen) atoms. The van der Waals surface area contributed by atoms with Crippen LogP contribution < -0.4 is 11.2 Å². The van der Waals surface area contributed by atoms with Crippen molar-refractivity contribution in [3.05, 3.63) is 29.8 Å². The van der Waals surface area contributed by atoms with Gasteiger partial charge in [-0.05, 0) is 23.6 Å². The van der Waals surface area contributed by atoms with Crippen LogP contribution in [-0.4, -0.2) is 37.2 Å². The average molecular weight is 263 g/mol. The van der Waals surface area contributed by atoms with Gasteiger partial charge < -0.3 is 10.5 Å². The van der Waals surface area contributed by atoms with Gasteiger partial charge in [0.1, 0.15) is 0 Å². The van der Waals surface area contributed by atoms with Crippen molar-refractivity contribution in [2.75, 3.05) is 32.0 Å². The molecule has 1 aliphatic rings. The zero-order valence-electron chi connectivity index (χ0n) is 11.3. The van der Waals surface area contributed by atoms with E-state index in [2.05, 4.69) is 5.43 Å². The molecular weight excluding hydrogens is 242 g/mol. The number of hydrazine groups is 1. The van der Waals surface area contributed by atoms with Gasteiger partial charge >= 0.3 is 0 Å². The SMILES string of the molecule is CC(CC(=O)NN1CCOCC1)c1ccc(N)cc1. The van der Waals surface area contributed by atoms with Gasteiger partial charge in [-0.2, -0.15) is 0 Å². The van der Waals surface area contributed by atoms with Crippen molar-refractivity contribution in [1.29, 1.82) is 0 Å². The first kappa shape index (κ1) is 13.8. The summed E-state index contributed by atoms with van der Waals surface area (Å²) in [7, 11) is 0. The van der Waals surface area contributed by atoms with Gasteiger partial charge in [-0.1, -0.05) is 19.1 Å². The van der Waals surface area contributed by atoms with Gasteiger partial charge in [-0.25, -0.2) is 5.01 Å². The van der Waals surface area contributed by atoms with Crippen molar-refractivity contribution in [3.63, 3.8) is 0 Å². The van der Waals surface area contributed by atoms with E-state index in [-0.39, 0.29) is 11.8 Å². The number of nitrogens with one attached hydrogen (secondary N) is 1. The molecular formula is C14H21N3O2. The van der Waals surface area contributed by atoms with Crippen LogP contribution in [0.3, 0.4) is 0 Å². The highest BCUT2D eigenvalue weighted by atomic mass is 16.5. The van der Waals surface area contributed by atoms with E-state index in [0.717, 1.165) is 24.3 Å². The summed E-state index contributed by atoms with van der Waals surface area (Å²) in [5, 5.41) is 1.92. The van der Waals surface area contributed by atoms with E-state index in [1.807, 2.05) is 36.2 Å². The minimum atomic E-state index is 0.0474. The van der Waals surface area contributed by atoms with Crippen LogP contribution in [0, 0.1) is 0 Å². The second kappa shape index (κ2) is 6.54. The van der Waals surface area contributed by atoms with Gasteiger partial charge in [0.15, 0.2) is 0 Å². The number of benzene rings is 1. The minimum Gasteiger partial charge on any atom is -0.399 e. The molecule has 5 heteroatoms. The number of nitrogens with two attached hydrogens (primary N) is 1. The summed E-state index contributed by atoms with van der Waals surface area (Å²) in [4.78, 5) is 11.9. The Bertz CT molecular complexity index is 413. The van der Waals surface area contributed by atoms with E-state index >= 15 is 0 Å². The standard InChI is InChI=1S/C14H21N3O2/c1-11(12-2-4-13(15)5-3-12)10-14(18)16-17-6-8-19-9-7-17/h2-5,11H,6-10,15H2,1H3,(H,16,18). The Morgan fingerprint density at radius 2 is 2.00 bits per heavy atom. The Kier molecular flexibility index (Phi) is 4.76. The summed E-state index contributed by atoms with van der Waals surface area (Å²) in [6, 6.07) is 7.68. The van der Waals surface area contributed by atoms with E-state index in [0.29, 0.717) is 19.6 Å². The maximum absolute atomic E-state index is 11.9. The number of anilines is 1. The zero-order chi connectivity index (χ0) is 13.7. The van der Waals surface area contributed by atoms with Gasteiger partial charge in [-0.15, -0.1) is 0 Å². The van der Waals surface area contributed by atoms with Gasteiger partial charge in [-0.3, -0.25) is 10.2 Å². The number of hydrogen-bond donors (Lipinski definition) is 2. The van der Waals surface area contributed by atoms with Crippen LogP contribution in [-0.2, 0) is 9.53 Å². The van der Waals surface area contributed by atoms with E-state index in [1.54, 1.807) is 0 Å². The van der Waals surface area contributed by atoms with Crippen molar-refractivity contribution in [1.82, 2.24) is 10.4 Å². The number of carbonyl (C=O) groups excluding carboxylic acids is 1. The van der Waals surface area contributed by atoms with Gasteiger partial charge in [0.05, 0.1) is 13.2 Å². The molecule has 0 radical (unpaired) electrons. The van der Waals surface area contributed by atoms with Crippen LogP contribution >= 0.6 is 0 Å². The lowest BCUT2D eigenvalue weighted by atomic mass is 9.97. The molecule has 1 amide bonds. The molecule has 1 fully saturated rings. The molecule has 2 rings (SSSR count). The Morgan fingerprint density at radius 3 is 2.63 bits per heavy atom. The van der Waals surface area contributed by atoms with Crippen molar-refractivity contribution in [2.24, 2.45) is 0 Å². The molecule has 5 nitrogen and oxygen atoms in total. The number of carbonyl (C=O) groups is 1. The Labute approximate surface area is 113 Å². The molecule has 0 aliphatic carbocycles. The van der Waals surface area contributed by atoms with E-state index in [9.17, 15) is 4.79 Å². The second-order valence-electron chi connectivity index (χ2n) is 4.91. The Morgan fingerprint density at radius 1 is 1.37 bits per heavy atom. The lowest BCUT2D eigenvalue weighted by Gasteiger charge is -2.27. The third-order valence-electron chi connectivity index (χ3n) is 3.29. The van der Waals surface area contributed by atoms with Crippen LogP contribution in [0.4, 0.5) is 5.69 Å². The maximum atomic E-state index is 11.9. The normalized spacial score (nSPS) is 17.9. The van der Waals surface area contributed by atoms with Gasteiger partial charge in [0.2, 0.25) is 5.91 Å². The molecule has 1 unspecified atom stereocenters. The highest BCUT2D eigenvalue weighted by Crippen LogP contribution is 2.19. The van der Waals surface area contributed by atoms with Gasteiger partial charge in [0, 0.05) is 25.2 Å². The maximum Gasteiger partial charge on any atom is 0.234 e. The van der Waals surface area contributed by atoms with E-state index in [4.69, 9.17) is 10.5 Å². The molecule has 0 saturated carbocycles. The quantitative estimate of drug-likeness (QED) is 0.799. The topological polar surface area (TPSA) is 67.6 Å². The van der Waals surface area contributed by atoms with Crippen molar-refractivity contribution < 1.29 is 9.53 Å². The Balaban J connectivity index is 1.82. The molecule has 1 aliphatic heterocycles. The van der Waals surface area contributed by atoms with Crippen molar-refractivity contribution in [2.45, 2.75) is 19.3 Å². The van der Waals surface area contributed by atoms with Crippen LogP contribution in [0.5, 0.6) is 0 Å². The highest BCUT2D eigenvalue weighted by molar-refractivity contribution is 5.76. The molecule has 0 spiro atoms. The fourth-order valence-corrected chi connectivity index (χ4v) is 2.12. The number of nitrogens with zero attached hydrogens (tertiary/aromatic N) is 1. The summed E-state index contributed by atoms with van der Waals surface area (Å²) >= 11 is 0. The van der Waals surface area contributed by atoms with Crippen LogP contribution in [0.15, 0.2) is 24.3 Å². The second-order valence-corrected chi connectivity index (χ2v) is 4.91. The van der Waals surface area contributed by atoms with Crippen LogP contribution in [0.25, 0.3) is 0 Å². The molecule has 0 aromatic heterocycles. The third-order valence-corrected chi connectivity index (χ3v) is 3.29. The molecule has 1 aromatic rings. The molecule has 1 heterocycles. The summed E-state index contributed by atoms with van der Waals surface area (Å²) in [5.74, 6) is 0.230. The predicted molar refractivity (Wildman–Crippen MR) is 74.4 cm³/mol. The van der Waals surface area contributed by atoms with Crippen molar-refractivity contribution in [3.8, 4) is 0 Å². The molecule has 1 atom stereocenters. The lowest BCUT2D eigenvalue weighted by molar-refractivity contribution is -0.128. The van der Waals surface area contributed by atoms with Crippen molar-refractivity contribution >= 4 is 11.6 Å². The molecule has 0 bridgehead atoms. The largest absolute Gasteiger partial charge is 0.399 e. The number of morpholine rings is 1. The van der Waals surface area contributed by atoms with Crippen LogP contribution in [0.1, 0.15) is 24.8 Å². The molecule has 3 N–H and O–H groups in total. The number of ether oxygens (including phenoxy) is 1. The minimum absolute atomic E-state index is 0.0474. The molecule has 1 aromatic carbocycles. The number of amides is 1. The monoisotopic (exact) mass is 263 g/mol.